The molecule has 1 saturated heterocycles. The van der Waals surface area contributed by atoms with Crippen molar-refractivity contribution in [3.63, 3.8) is 0 Å². The molecule has 1 aliphatic rings. The van der Waals surface area contributed by atoms with Gasteiger partial charge in [-0.2, -0.15) is 0 Å². The number of carbonyl (C=O) groups excluding carboxylic acids is 2. The molecule has 1 unspecified atom stereocenters. The SMILES string of the molecule is CCc1ccc(/C(O)=C2/C(=O)C(=O)N(CCOC)C2c2ccc(Cl)c(Cl)c2)cc1. The van der Waals surface area contributed by atoms with Crippen molar-refractivity contribution in [1.29, 1.82) is 0 Å². The highest BCUT2D eigenvalue weighted by Gasteiger charge is 2.46. The zero-order valence-corrected chi connectivity index (χ0v) is 17.6. The number of rotatable bonds is 6. The van der Waals surface area contributed by atoms with E-state index in [0.29, 0.717) is 21.2 Å². The number of nitrogens with zero attached hydrogens (tertiary/aromatic N) is 1. The van der Waals surface area contributed by atoms with Crippen molar-refractivity contribution in [3.8, 4) is 0 Å². The van der Waals surface area contributed by atoms with E-state index in [2.05, 4.69) is 0 Å². The van der Waals surface area contributed by atoms with Gasteiger partial charge in [0.1, 0.15) is 5.76 Å². The van der Waals surface area contributed by atoms with Crippen LogP contribution in [0.2, 0.25) is 10.0 Å². The molecule has 2 aromatic rings. The molecular weight excluding hydrogens is 413 g/mol. The number of halogens is 2. The van der Waals surface area contributed by atoms with Crippen molar-refractivity contribution in [2.24, 2.45) is 0 Å². The molecule has 1 N–H and O–H groups in total. The Morgan fingerprint density at radius 1 is 1.10 bits per heavy atom. The molecule has 7 heteroatoms. The smallest absolute Gasteiger partial charge is 0.295 e. The highest BCUT2D eigenvalue weighted by atomic mass is 35.5. The molecule has 29 heavy (non-hydrogen) atoms. The number of Topliss-reactive ketones (excluding diaryl/α,β-unsaturated/α-hetero) is 1. The van der Waals surface area contributed by atoms with Crippen LogP contribution in [0, 0.1) is 0 Å². The van der Waals surface area contributed by atoms with Gasteiger partial charge in [0.25, 0.3) is 11.7 Å². The zero-order chi connectivity index (χ0) is 21.1. The van der Waals surface area contributed by atoms with Crippen molar-refractivity contribution in [2.75, 3.05) is 20.3 Å². The van der Waals surface area contributed by atoms with E-state index >= 15 is 0 Å². The first-order valence-electron chi connectivity index (χ1n) is 9.20. The number of aliphatic hydroxyl groups is 1. The maximum Gasteiger partial charge on any atom is 0.295 e. The normalized spacial score (nSPS) is 18.5. The number of ether oxygens (including phenoxy) is 1. The van der Waals surface area contributed by atoms with Crippen LogP contribution in [-0.4, -0.2) is 42.0 Å². The molecule has 1 fully saturated rings. The predicted molar refractivity (Wildman–Crippen MR) is 113 cm³/mol. The predicted octanol–water partition coefficient (Wildman–Crippen LogP) is 4.62. The van der Waals surface area contributed by atoms with Crippen LogP contribution in [-0.2, 0) is 20.7 Å². The second-order valence-electron chi connectivity index (χ2n) is 6.71. The fourth-order valence-corrected chi connectivity index (χ4v) is 3.69. The third kappa shape index (κ3) is 4.17. The van der Waals surface area contributed by atoms with Crippen molar-refractivity contribution in [1.82, 2.24) is 4.90 Å². The third-order valence-electron chi connectivity index (χ3n) is 4.97. The average Bonchev–Trinajstić information content (AvgIpc) is 2.98. The monoisotopic (exact) mass is 433 g/mol. The molecule has 0 bridgehead atoms. The molecule has 0 aromatic heterocycles. The Morgan fingerprint density at radius 3 is 2.38 bits per heavy atom. The van der Waals surface area contributed by atoms with Gasteiger partial charge < -0.3 is 14.7 Å². The minimum atomic E-state index is -0.786. The highest BCUT2D eigenvalue weighted by Crippen LogP contribution is 2.40. The van der Waals surface area contributed by atoms with Crippen molar-refractivity contribution in [3.05, 3.63) is 74.8 Å². The van der Waals surface area contributed by atoms with Gasteiger partial charge in [0.05, 0.1) is 28.3 Å². The molecule has 0 saturated carbocycles. The van der Waals surface area contributed by atoms with Gasteiger partial charge in [0.2, 0.25) is 0 Å². The van der Waals surface area contributed by atoms with E-state index in [4.69, 9.17) is 27.9 Å². The van der Waals surface area contributed by atoms with Crippen LogP contribution in [0.25, 0.3) is 5.76 Å². The fourth-order valence-electron chi connectivity index (χ4n) is 3.38. The van der Waals surface area contributed by atoms with Crippen LogP contribution in [0.1, 0.15) is 29.7 Å². The maximum atomic E-state index is 12.8. The lowest BCUT2D eigenvalue weighted by atomic mass is 9.95. The number of likely N-dealkylation sites (tertiary alicyclic amines) is 1. The summed E-state index contributed by atoms with van der Waals surface area (Å²) in [5.74, 6) is -1.65. The van der Waals surface area contributed by atoms with Gasteiger partial charge in [-0.15, -0.1) is 0 Å². The summed E-state index contributed by atoms with van der Waals surface area (Å²) in [7, 11) is 1.51. The van der Waals surface area contributed by atoms with Crippen LogP contribution in [0.4, 0.5) is 0 Å². The average molecular weight is 434 g/mol. The Hall–Kier alpha value is -2.34. The van der Waals surface area contributed by atoms with E-state index in [1.807, 2.05) is 19.1 Å². The summed E-state index contributed by atoms with van der Waals surface area (Å²) in [6.07, 6.45) is 0.853. The number of ketones is 1. The molecule has 3 rings (SSSR count). The molecule has 1 atom stereocenters. The van der Waals surface area contributed by atoms with E-state index in [1.165, 1.54) is 12.0 Å². The number of aliphatic hydroxyl groups excluding tert-OH is 1. The molecule has 1 aliphatic heterocycles. The molecule has 5 nitrogen and oxygen atoms in total. The maximum absolute atomic E-state index is 12.8. The Morgan fingerprint density at radius 2 is 1.79 bits per heavy atom. The van der Waals surface area contributed by atoms with Gasteiger partial charge in [0, 0.05) is 19.2 Å². The van der Waals surface area contributed by atoms with Crippen LogP contribution in [0.3, 0.4) is 0 Å². The summed E-state index contributed by atoms with van der Waals surface area (Å²) < 4.78 is 5.09. The number of hydrogen-bond donors (Lipinski definition) is 1. The summed E-state index contributed by atoms with van der Waals surface area (Å²) in [5.41, 5.74) is 2.18. The Balaban J connectivity index is 2.15. The second kappa shape index (κ2) is 8.99. The Bertz CT molecular complexity index is 969. The summed E-state index contributed by atoms with van der Waals surface area (Å²) >= 11 is 12.2. The summed E-state index contributed by atoms with van der Waals surface area (Å²) in [5, 5.41) is 11.6. The number of carbonyl (C=O) groups is 2. The highest BCUT2D eigenvalue weighted by molar-refractivity contribution is 6.46. The number of hydrogen-bond acceptors (Lipinski definition) is 4. The fraction of sp³-hybridized carbons (Fsp3) is 0.273. The molecule has 1 amide bonds. The van der Waals surface area contributed by atoms with Crippen molar-refractivity contribution < 1.29 is 19.4 Å². The van der Waals surface area contributed by atoms with Crippen LogP contribution < -0.4 is 0 Å². The van der Waals surface area contributed by atoms with E-state index in [-0.39, 0.29) is 24.5 Å². The third-order valence-corrected chi connectivity index (χ3v) is 5.71. The van der Waals surface area contributed by atoms with Crippen molar-refractivity contribution in [2.45, 2.75) is 19.4 Å². The molecule has 1 heterocycles. The number of amides is 1. The molecule has 2 aromatic carbocycles. The number of methoxy groups -OCH3 is 1. The van der Waals surface area contributed by atoms with Gasteiger partial charge in [-0.1, -0.05) is 60.5 Å². The lowest BCUT2D eigenvalue weighted by Crippen LogP contribution is -2.32. The molecule has 0 radical (unpaired) electrons. The van der Waals surface area contributed by atoms with Crippen LogP contribution in [0.5, 0.6) is 0 Å². The first kappa shape index (κ1) is 21.4. The molecule has 152 valence electrons. The Labute approximate surface area is 179 Å². The van der Waals surface area contributed by atoms with E-state index in [1.54, 1.807) is 30.3 Å². The molecule has 0 spiro atoms. The van der Waals surface area contributed by atoms with E-state index in [0.717, 1.165) is 12.0 Å². The van der Waals surface area contributed by atoms with Gasteiger partial charge in [0.15, 0.2) is 0 Å². The first-order valence-corrected chi connectivity index (χ1v) is 9.96. The molecular formula is C22H21Cl2NO4. The van der Waals surface area contributed by atoms with Crippen LogP contribution >= 0.6 is 23.2 Å². The van der Waals surface area contributed by atoms with Gasteiger partial charge in [-0.05, 0) is 29.7 Å². The standard InChI is InChI=1S/C22H21Cl2NO4/c1-3-13-4-6-14(7-5-13)20(26)18-19(15-8-9-16(23)17(24)12-15)25(10-11-29-2)22(28)21(18)27/h4-9,12,19,26H,3,10-11H2,1-2H3/b20-18-. The minimum absolute atomic E-state index is 0.0220. The summed E-state index contributed by atoms with van der Waals surface area (Å²) in [6, 6.07) is 11.3. The quantitative estimate of drug-likeness (QED) is 0.409. The Kier molecular flexibility index (Phi) is 6.63. The largest absolute Gasteiger partial charge is 0.507 e. The molecule has 0 aliphatic carbocycles. The number of aryl methyl sites for hydroxylation is 1. The first-order chi connectivity index (χ1) is 13.9. The van der Waals surface area contributed by atoms with Crippen molar-refractivity contribution >= 4 is 40.7 Å². The van der Waals surface area contributed by atoms with Crippen LogP contribution in [0.15, 0.2) is 48.0 Å². The second-order valence-corrected chi connectivity index (χ2v) is 7.52. The topological polar surface area (TPSA) is 66.8 Å². The van der Waals surface area contributed by atoms with E-state index in [9.17, 15) is 14.7 Å². The lowest BCUT2D eigenvalue weighted by molar-refractivity contribution is -0.140. The van der Waals surface area contributed by atoms with E-state index < -0.39 is 17.7 Å². The lowest BCUT2D eigenvalue weighted by Gasteiger charge is -2.25. The zero-order valence-electron chi connectivity index (χ0n) is 16.1. The van der Waals surface area contributed by atoms with Gasteiger partial charge in [-0.3, -0.25) is 9.59 Å². The minimum Gasteiger partial charge on any atom is -0.507 e. The van der Waals surface area contributed by atoms with Gasteiger partial charge in [-0.25, -0.2) is 0 Å². The summed E-state index contributed by atoms with van der Waals surface area (Å²) in [6.45, 7) is 2.47. The summed E-state index contributed by atoms with van der Waals surface area (Å²) in [4.78, 5) is 26.9. The number of benzene rings is 2. The van der Waals surface area contributed by atoms with Gasteiger partial charge >= 0.3 is 0 Å².